The molecule has 144 valence electrons. The molecular formula is C17H25ClN2O5P+. The van der Waals surface area contributed by atoms with Gasteiger partial charge in [0.15, 0.2) is 5.44 Å². The van der Waals surface area contributed by atoms with Gasteiger partial charge in [-0.1, -0.05) is 11.6 Å². The van der Waals surface area contributed by atoms with Crippen molar-refractivity contribution in [2.24, 2.45) is 0 Å². The highest BCUT2D eigenvalue weighted by Gasteiger charge is 2.34. The molecule has 1 aromatic rings. The highest BCUT2D eigenvalue weighted by molar-refractivity contribution is 7.58. The average molecular weight is 404 g/mol. The standard InChI is InChI=1S/C17H24ClN2O5P/c1-3-24-26(22,25-4-2)16(13-20-9-11-23-12-10-20)19-17(21)14-5-7-15(18)8-6-14/h5-8,13H,3-4,9-12H2,1-2H3,(H,19,21)/p+1. The summed E-state index contributed by atoms with van der Waals surface area (Å²) in [7, 11) is -3.64. The minimum atomic E-state index is -3.64. The van der Waals surface area contributed by atoms with Crippen LogP contribution in [0.1, 0.15) is 24.2 Å². The van der Waals surface area contributed by atoms with E-state index in [4.69, 9.17) is 25.4 Å². The van der Waals surface area contributed by atoms with Gasteiger partial charge < -0.3 is 24.0 Å². The van der Waals surface area contributed by atoms with E-state index >= 15 is 0 Å². The number of amides is 1. The van der Waals surface area contributed by atoms with Gasteiger partial charge in [0, 0.05) is 10.6 Å². The largest absolute Gasteiger partial charge is 0.382 e. The van der Waals surface area contributed by atoms with E-state index < -0.39 is 13.5 Å². The van der Waals surface area contributed by atoms with E-state index in [2.05, 4.69) is 5.32 Å². The van der Waals surface area contributed by atoms with E-state index in [-0.39, 0.29) is 18.7 Å². The second-order valence-corrected chi connectivity index (χ2v) is 8.02. The van der Waals surface area contributed by atoms with Gasteiger partial charge in [0.1, 0.15) is 19.3 Å². The molecule has 26 heavy (non-hydrogen) atoms. The quantitative estimate of drug-likeness (QED) is 0.649. The van der Waals surface area contributed by atoms with Crippen LogP contribution in [0.5, 0.6) is 0 Å². The highest BCUT2D eigenvalue weighted by atomic mass is 35.5. The van der Waals surface area contributed by atoms with Crippen LogP contribution in [-0.2, 0) is 18.3 Å². The van der Waals surface area contributed by atoms with Crippen LogP contribution in [0.2, 0.25) is 5.02 Å². The smallest absolute Gasteiger partial charge is 0.370 e. The number of hydrogen-bond donors (Lipinski definition) is 2. The molecule has 0 spiro atoms. The Morgan fingerprint density at radius 2 is 1.81 bits per heavy atom. The Morgan fingerprint density at radius 3 is 2.35 bits per heavy atom. The summed E-state index contributed by atoms with van der Waals surface area (Å²) in [5, 5.41) is 3.25. The molecule has 1 amide bonds. The Hall–Kier alpha value is -1.21. The summed E-state index contributed by atoms with van der Waals surface area (Å²) in [4.78, 5) is 13.6. The predicted octanol–water partition coefficient (Wildman–Crippen LogP) is 2.05. The Kier molecular flexibility index (Phi) is 8.28. The molecule has 0 atom stereocenters. The van der Waals surface area contributed by atoms with Gasteiger partial charge in [0.25, 0.3) is 5.91 Å². The molecule has 1 aromatic carbocycles. The number of nitrogens with one attached hydrogen (secondary N) is 2. The van der Waals surface area contributed by atoms with Crippen molar-refractivity contribution in [2.45, 2.75) is 13.8 Å². The van der Waals surface area contributed by atoms with Gasteiger partial charge >= 0.3 is 7.60 Å². The maximum absolute atomic E-state index is 13.2. The molecule has 2 rings (SSSR count). The summed E-state index contributed by atoms with van der Waals surface area (Å²) < 4.78 is 29.4. The number of rotatable bonds is 8. The molecule has 0 saturated carbocycles. The van der Waals surface area contributed by atoms with Gasteiger partial charge in [-0.3, -0.25) is 9.36 Å². The van der Waals surface area contributed by atoms with Gasteiger partial charge in [0.05, 0.1) is 26.4 Å². The van der Waals surface area contributed by atoms with Crippen molar-refractivity contribution in [2.75, 3.05) is 39.5 Å². The minimum absolute atomic E-state index is 0.151. The van der Waals surface area contributed by atoms with E-state index in [0.717, 1.165) is 4.90 Å². The van der Waals surface area contributed by atoms with Crippen LogP contribution in [0.4, 0.5) is 0 Å². The maximum atomic E-state index is 13.2. The molecule has 0 aromatic heterocycles. The molecule has 0 bridgehead atoms. The number of carbonyl (C=O) groups is 1. The molecule has 1 aliphatic rings. The Balaban J connectivity index is 2.29. The third-order valence-corrected chi connectivity index (χ3v) is 6.00. The Bertz CT molecular complexity index is 664. The zero-order valence-electron chi connectivity index (χ0n) is 15.0. The lowest BCUT2D eigenvalue weighted by Crippen LogP contribution is -3.10. The number of morpholine rings is 1. The van der Waals surface area contributed by atoms with Crippen LogP contribution >= 0.6 is 19.2 Å². The van der Waals surface area contributed by atoms with Crippen molar-refractivity contribution in [1.29, 1.82) is 0 Å². The summed E-state index contributed by atoms with van der Waals surface area (Å²) in [6, 6.07) is 6.45. The number of carbonyl (C=O) groups excluding carboxylic acids is 1. The summed E-state index contributed by atoms with van der Waals surface area (Å²) in [6.07, 6.45) is 1.71. The summed E-state index contributed by atoms with van der Waals surface area (Å²) in [5.74, 6) is -0.403. The molecule has 7 nitrogen and oxygen atoms in total. The first kappa shape index (κ1) is 21.1. The van der Waals surface area contributed by atoms with Crippen molar-refractivity contribution >= 4 is 25.1 Å². The zero-order valence-corrected chi connectivity index (χ0v) is 16.6. The Morgan fingerprint density at radius 1 is 1.23 bits per heavy atom. The first-order valence-electron chi connectivity index (χ1n) is 8.59. The summed E-state index contributed by atoms with van der Waals surface area (Å²) in [5.41, 5.74) is 0.551. The van der Waals surface area contributed by atoms with Crippen molar-refractivity contribution in [3.05, 3.63) is 46.5 Å². The van der Waals surface area contributed by atoms with Crippen LogP contribution in [0.3, 0.4) is 0 Å². The molecule has 9 heteroatoms. The van der Waals surface area contributed by atoms with Gasteiger partial charge in [-0.15, -0.1) is 0 Å². The molecule has 1 fully saturated rings. The lowest BCUT2D eigenvalue weighted by atomic mass is 10.2. The van der Waals surface area contributed by atoms with Crippen molar-refractivity contribution in [1.82, 2.24) is 5.32 Å². The zero-order chi connectivity index (χ0) is 19.0. The van der Waals surface area contributed by atoms with Gasteiger partial charge in [-0.2, -0.15) is 0 Å². The first-order chi connectivity index (χ1) is 12.5. The predicted molar refractivity (Wildman–Crippen MR) is 99.4 cm³/mol. The fourth-order valence-corrected chi connectivity index (χ4v) is 4.20. The third kappa shape index (κ3) is 5.91. The lowest BCUT2D eigenvalue weighted by Gasteiger charge is -2.24. The maximum Gasteiger partial charge on any atom is 0.382 e. The minimum Gasteiger partial charge on any atom is -0.370 e. The SMILES string of the molecule is CCOP(=O)(OCC)C(=C[NH+]1CCOCC1)NC(=O)c1ccc(Cl)cc1. The molecule has 1 aliphatic heterocycles. The van der Waals surface area contributed by atoms with E-state index in [1.165, 1.54) is 0 Å². The second-order valence-electron chi connectivity index (χ2n) is 5.59. The summed E-state index contributed by atoms with van der Waals surface area (Å²) >= 11 is 5.86. The number of ether oxygens (including phenoxy) is 1. The fraction of sp³-hybridized carbons (Fsp3) is 0.471. The summed E-state index contributed by atoms with van der Waals surface area (Å²) in [6.45, 7) is 6.46. The van der Waals surface area contributed by atoms with Gasteiger partial charge in [-0.05, 0) is 38.1 Å². The molecule has 1 saturated heterocycles. The van der Waals surface area contributed by atoms with Gasteiger partial charge in [0.2, 0.25) is 0 Å². The van der Waals surface area contributed by atoms with Crippen LogP contribution in [0.15, 0.2) is 35.9 Å². The molecule has 0 aliphatic carbocycles. The fourth-order valence-electron chi connectivity index (χ4n) is 2.46. The van der Waals surface area contributed by atoms with Crippen LogP contribution in [0, 0.1) is 0 Å². The average Bonchev–Trinajstić information content (AvgIpc) is 2.63. The number of hydrogen-bond acceptors (Lipinski definition) is 5. The number of quaternary nitrogens is 1. The van der Waals surface area contributed by atoms with Crippen LogP contribution in [-0.4, -0.2) is 45.4 Å². The first-order valence-corrected chi connectivity index (χ1v) is 10.5. The van der Waals surface area contributed by atoms with E-state index in [1.54, 1.807) is 44.3 Å². The lowest BCUT2D eigenvalue weighted by molar-refractivity contribution is -0.856. The van der Waals surface area contributed by atoms with Crippen molar-refractivity contribution in [3.63, 3.8) is 0 Å². The Labute approximate surface area is 158 Å². The number of halogens is 1. The van der Waals surface area contributed by atoms with Crippen LogP contribution in [0.25, 0.3) is 0 Å². The third-order valence-electron chi connectivity index (χ3n) is 3.72. The van der Waals surface area contributed by atoms with E-state index in [9.17, 15) is 9.36 Å². The molecule has 1 heterocycles. The van der Waals surface area contributed by atoms with Crippen LogP contribution < -0.4 is 10.2 Å². The van der Waals surface area contributed by atoms with Crippen molar-refractivity contribution < 1.29 is 28.0 Å². The molecule has 0 radical (unpaired) electrons. The second kappa shape index (κ2) is 10.2. The molecular weight excluding hydrogens is 379 g/mol. The number of benzene rings is 1. The van der Waals surface area contributed by atoms with Gasteiger partial charge in [-0.25, -0.2) is 0 Å². The van der Waals surface area contributed by atoms with E-state index in [0.29, 0.717) is 36.9 Å². The van der Waals surface area contributed by atoms with E-state index in [1.807, 2.05) is 0 Å². The highest BCUT2D eigenvalue weighted by Crippen LogP contribution is 2.54. The van der Waals surface area contributed by atoms with Crippen molar-refractivity contribution in [3.8, 4) is 0 Å². The normalized spacial score (nSPS) is 16.5. The molecule has 2 N–H and O–H groups in total. The topological polar surface area (TPSA) is 78.3 Å². The molecule has 0 unspecified atom stereocenters. The monoisotopic (exact) mass is 403 g/mol.